The average molecular weight is 455 g/mol. The van der Waals surface area contributed by atoms with Crippen molar-refractivity contribution in [3.8, 4) is 0 Å². The minimum Gasteiger partial charge on any atom is -0.352 e. The van der Waals surface area contributed by atoms with Crippen LogP contribution in [0.3, 0.4) is 0 Å². The van der Waals surface area contributed by atoms with Gasteiger partial charge in [-0.3, -0.25) is 9.69 Å². The van der Waals surface area contributed by atoms with Crippen LogP contribution in [0.5, 0.6) is 0 Å². The van der Waals surface area contributed by atoms with Crippen LogP contribution in [0, 0.1) is 5.92 Å². The molecule has 2 aromatic rings. The van der Waals surface area contributed by atoms with E-state index in [0.29, 0.717) is 11.4 Å². The number of hydrogen-bond donors (Lipinski definition) is 1. The zero-order valence-corrected chi connectivity index (χ0v) is 19.8. The number of rotatable bonds is 8. The van der Waals surface area contributed by atoms with Gasteiger partial charge in [-0.25, -0.2) is 8.42 Å². The van der Waals surface area contributed by atoms with Gasteiger partial charge < -0.3 is 5.32 Å². The van der Waals surface area contributed by atoms with Crippen LogP contribution in [0.1, 0.15) is 54.9 Å². The fraction of sp³-hybridized carbons (Fsp3) is 0.500. The molecule has 2 aromatic carbocycles. The van der Waals surface area contributed by atoms with E-state index in [1.807, 2.05) is 18.2 Å². The van der Waals surface area contributed by atoms with E-state index in [9.17, 15) is 13.2 Å². The topological polar surface area (TPSA) is 66.5 Å². The lowest BCUT2D eigenvalue weighted by atomic mass is 9.99. The summed E-state index contributed by atoms with van der Waals surface area (Å²) in [5, 5.41) is 2.86. The van der Waals surface area contributed by atoms with E-state index in [4.69, 9.17) is 0 Å². The first-order valence-electron chi connectivity index (χ1n) is 11.8. The highest BCUT2D eigenvalue weighted by atomic mass is 32.2. The maximum atomic E-state index is 12.6. The van der Waals surface area contributed by atoms with E-state index in [0.717, 1.165) is 55.9 Å². The Balaban J connectivity index is 1.23. The molecule has 4 rings (SSSR count). The Kier molecular flexibility index (Phi) is 7.31. The maximum absolute atomic E-state index is 12.6. The van der Waals surface area contributed by atoms with Crippen molar-refractivity contribution >= 4 is 15.7 Å². The number of amides is 1. The molecule has 1 N–H and O–H groups in total. The van der Waals surface area contributed by atoms with Crippen LogP contribution in [0.2, 0.25) is 0 Å². The Hall–Kier alpha value is -2.18. The molecule has 1 saturated heterocycles. The van der Waals surface area contributed by atoms with Crippen molar-refractivity contribution in [1.29, 1.82) is 0 Å². The molecule has 0 aromatic heterocycles. The zero-order chi connectivity index (χ0) is 22.6. The second-order valence-electron chi connectivity index (χ2n) is 9.43. The van der Waals surface area contributed by atoms with E-state index in [1.54, 1.807) is 12.1 Å². The highest BCUT2D eigenvalue weighted by Gasteiger charge is 2.20. The minimum absolute atomic E-state index is 0.0232. The molecular formula is C26H34N2O3S. The summed E-state index contributed by atoms with van der Waals surface area (Å²) in [5.74, 6) is 0.371. The van der Waals surface area contributed by atoms with Crippen LogP contribution in [0.4, 0.5) is 0 Å². The summed E-state index contributed by atoms with van der Waals surface area (Å²) >= 11 is 0. The van der Waals surface area contributed by atoms with Gasteiger partial charge in [-0.15, -0.1) is 0 Å². The number of sulfone groups is 1. The molecule has 2 aliphatic rings. The molecule has 32 heavy (non-hydrogen) atoms. The van der Waals surface area contributed by atoms with Gasteiger partial charge in [-0.2, -0.15) is 0 Å². The van der Waals surface area contributed by atoms with Gasteiger partial charge in [-0.1, -0.05) is 37.3 Å². The summed E-state index contributed by atoms with van der Waals surface area (Å²) < 4.78 is 25.3. The molecule has 5 nitrogen and oxygen atoms in total. The summed E-state index contributed by atoms with van der Waals surface area (Å²) in [5.41, 5.74) is 4.69. The first-order chi connectivity index (χ1) is 15.4. The van der Waals surface area contributed by atoms with Gasteiger partial charge in [0, 0.05) is 26.1 Å². The minimum atomic E-state index is -3.45. The SMILES string of the molecule is CC1CCCN(Cc2ccc(CNC(=O)CCS(=O)(=O)c3ccc4c(c3)CCC4)cc2)C1. The Morgan fingerprint density at radius 3 is 2.56 bits per heavy atom. The van der Waals surface area contributed by atoms with Crippen LogP contribution in [0.25, 0.3) is 0 Å². The number of hydrogen-bond acceptors (Lipinski definition) is 4. The molecule has 0 radical (unpaired) electrons. The van der Waals surface area contributed by atoms with Crippen LogP contribution >= 0.6 is 0 Å². The van der Waals surface area contributed by atoms with Crippen molar-refractivity contribution in [3.05, 3.63) is 64.7 Å². The number of fused-ring (bicyclic) bond motifs is 1. The first-order valence-corrected chi connectivity index (χ1v) is 13.5. The molecule has 1 amide bonds. The standard InChI is InChI=1S/C26H34N2O3S/c1-20-4-3-14-28(18-20)19-22-9-7-21(8-10-22)17-27-26(29)13-15-32(30,31)25-12-11-23-5-2-6-24(23)16-25/h7-12,16,20H,2-6,13-15,17-19H2,1H3,(H,27,29). The fourth-order valence-corrected chi connectivity index (χ4v) is 6.11. The lowest BCUT2D eigenvalue weighted by Crippen LogP contribution is -2.33. The van der Waals surface area contributed by atoms with Crippen LogP contribution in [-0.4, -0.2) is 38.1 Å². The van der Waals surface area contributed by atoms with E-state index < -0.39 is 9.84 Å². The Morgan fingerprint density at radius 1 is 1.03 bits per heavy atom. The van der Waals surface area contributed by atoms with Gasteiger partial charge in [0.15, 0.2) is 9.84 Å². The highest BCUT2D eigenvalue weighted by Crippen LogP contribution is 2.25. The van der Waals surface area contributed by atoms with Crippen LogP contribution in [0.15, 0.2) is 47.4 Å². The lowest BCUT2D eigenvalue weighted by Gasteiger charge is -2.30. The van der Waals surface area contributed by atoms with Gasteiger partial charge >= 0.3 is 0 Å². The second kappa shape index (κ2) is 10.2. The third-order valence-electron chi connectivity index (χ3n) is 6.69. The molecular weight excluding hydrogens is 420 g/mol. The molecule has 1 aliphatic heterocycles. The number of piperidine rings is 1. The summed E-state index contributed by atoms with van der Waals surface area (Å²) in [7, 11) is -3.45. The Morgan fingerprint density at radius 2 is 1.78 bits per heavy atom. The number of carbonyl (C=O) groups excluding carboxylic acids is 1. The van der Waals surface area contributed by atoms with E-state index in [2.05, 4.69) is 29.3 Å². The van der Waals surface area contributed by atoms with Crippen molar-refractivity contribution in [2.24, 2.45) is 5.92 Å². The smallest absolute Gasteiger partial charge is 0.221 e. The number of aryl methyl sites for hydroxylation is 2. The Bertz CT molecular complexity index is 1050. The summed E-state index contributed by atoms with van der Waals surface area (Å²) in [6.07, 6.45) is 5.62. The van der Waals surface area contributed by atoms with Crippen molar-refractivity contribution < 1.29 is 13.2 Å². The third-order valence-corrected chi connectivity index (χ3v) is 8.40. The number of nitrogens with one attached hydrogen (secondary N) is 1. The first kappa shape index (κ1) is 23.0. The maximum Gasteiger partial charge on any atom is 0.221 e. The van der Waals surface area contributed by atoms with Crippen molar-refractivity contribution in [2.75, 3.05) is 18.8 Å². The monoisotopic (exact) mass is 454 g/mol. The molecule has 0 spiro atoms. The molecule has 1 fully saturated rings. The van der Waals surface area contributed by atoms with E-state index in [1.165, 1.54) is 24.0 Å². The van der Waals surface area contributed by atoms with Crippen LogP contribution < -0.4 is 5.32 Å². The Labute approximate surface area is 192 Å². The number of likely N-dealkylation sites (tertiary alicyclic amines) is 1. The molecule has 1 atom stereocenters. The summed E-state index contributed by atoms with van der Waals surface area (Å²) in [6, 6.07) is 13.7. The van der Waals surface area contributed by atoms with Crippen LogP contribution in [-0.2, 0) is 40.6 Å². The molecule has 0 saturated carbocycles. The second-order valence-corrected chi connectivity index (χ2v) is 11.5. The molecule has 1 aliphatic carbocycles. The molecule has 172 valence electrons. The highest BCUT2D eigenvalue weighted by molar-refractivity contribution is 7.91. The van der Waals surface area contributed by atoms with Crippen molar-refractivity contribution in [3.63, 3.8) is 0 Å². The van der Waals surface area contributed by atoms with Crippen molar-refractivity contribution in [2.45, 2.75) is 63.4 Å². The fourth-order valence-electron chi connectivity index (χ4n) is 4.83. The molecule has 6 heteroatoms. The number of nitrogens with zero attached hydrogens (tertiary/aromatic N) is 1. The average Bonchev–Trinajstić information content (AvgIpc) is 3.25. The zero-order valence-electron chi connectivity index (χ0n) is 19.0. The quantitative estimate of drug-likeness (QED) is 0.657. The molecule has 0 bridgehead atoms. The lowest BCUT2D eigenvalue weighted by molar-refractivity contribution is -0.120. The van der Waals surface area contributed by atoms with Crippen molar-refractivity contribution in [1.82, 2.24) is 10.2 Å². The summed E-state index contributed by atoms with van der Waals surface area (Å²) in [4.78, 5) is 15.1. The third kappa shape index (κ3) is 5.99. The number of benzene rings is 2. The predicted octanol–water partition coefficient (Wildman–Crippen LogP) is 3.89. The van der Waals surface area contributed by atoms with Gasteiger partial charge in [0.2, 0.25) is 5.91 Å². The number of carbonyl (C=O) groups is 1. The normalized spacial score (nSPS) is 19.0. The predicted molar refractivity (Wildman–Crippen MR) is 127 cm³/mol. The van der Waals surface area contributed by atoms with Gasteiger partial charge in [0.1, 0.15) is 0 Å². The van der Waals surface area contributed by atoms with E-state index in [-0.39, 0.29) is 18.1 Å². The van der Waals surface area contributed by atoms with Gasteiger partial charge in [0.25, 0.3) is 0 Å². The largest absolute Gasteiger partial charge is 0.352 e. The molecule has 1 unspecified atom stereocenters. The van der Waals surface area contributed by atoms with Gasteiger partial charge in [0.05, 0.1) is 10.6 Å². The van der Waals surface area contributed by atoms with E-state index >= 15 is 0 Å². The molecule has 1 heterocycles. The van der Waals surface area contributed by atoms with Gasteiger partial charge in [-0.05, 0) is 79.0 Å². The summed E-state index contributed by atoms with van der Waals surface area (Å²) in [6.45, 7) is 6.02.